The summed E-state index contributed by atoms with van der Waals surface area (Å²) in [7, 11) is -2.85. The van der Waals surface area contributed by atoms with Crippen LogP contribution in [0.4, 0.5) is 5.69 Å². The Labute approximate surface area is 177 Å². The van der Waals surface area contributed by atoms with Gasteiger partial charge in [0.15, 0.2) is 6.23 Å². The molecule has 2 unspecified atom stereocenters. The summed E-state index contributed by atoms with van der Waals surface area (Å²) >= 11 is 0. The quantitative estimate of drug-likeness (QED) is 0.640. The highest BCUT2D eigenvalue weighted by Crippen LogP contribution is 2.48. The molecule has 0 aliphatic carbocycles. The normalized spacial score (nSPS) is 20.8. The van der Waals surface area contributed by atoms with E-state index in [1.807, 2.05) is 89.8 Å². The molecule has 152 valence electrons. The summed E-state index contributed by atoms with van der Waals surface area (Å²) in [5, 5.41) is 12.7. The van der Waals surface area contributed by atoms with E-state index in [0.29, 0.717) is 6.16 Å². The van der Waals surface area contributed by atoms with E-state index in [4.69, 9.17) is 4.99 Å². The molecule has 2 aliphatic rings. The van der Waals surface area contributed by atoms with E-state index in [2.05, 4.69) is 0 Å². The molecule has 5 heteroatoms. The fourth-order valence-electron chi connectivity index (χ4n) is 4.67. The van der Waals surface area contributed by atoms with Crippen LogP contribution >= 0.6 is 7.14 Å². The van der Waals surface area contributed by atoms with Gasteiger partial charge in [-0.3, -0.25) is 0 Å². The number of rotatable bonds is 4. The lowest BCUT2D eigenvalue weighted by Gasteiger charge is -2.42. The first-order valence-electron chi connectivity index (χ1n) is 10.5. The first-order chi connectivity index (χ1) is 14.7. The number of para-hydroxylation sites is 1. The summed E-state index contributed by atoms with van der Waals surface area (Å²) < 4.78 is 14.6. The van der Waals surface area contributed by atoms with Crippen LogP contribution < -0.4 is 10.6 Å². The molecule has 2 heterocycles. The van der Waals surface area contributed by atoms with E-state index in [9.17, 15) is 9.67 Å². The molecule has 1 N–H and O–H groups in total. The second kappa shape index (κ2) is 7.86. The minimum atomic E-state index is -2.85. The van der Waals surface area contributed by atoms with Crippen molar-refractivity contribution in [1.29, 1.82) is 0 Å². The van der Waals surface area contributed by atoms with Crippen LogP contribution in [-0.4, -0.2) is 28.5 Å². The van der Waals surface area contributed by atoms with E-state index >= 15 is 0 Å². The highest BCUT2D eigenvalue weighted by molar-refractivity contribution is 7.78. The van der Waals surface area contributed by atoms with Crippen LogP contribution in [0.3, 0.4) is 0 Å². The molecule has 0 saturated carbocycles. The molecule has 5 rings (SSSR count). The average Bonchev–Trinajstić information content (AvgIpc) is 2.81. The first kappa shape index (κ1) is 19.3. The summed E-state index contributed by atoms with van der Waals surface area (Å²) in [6.45, 7) is 0.770. The second-order valence-electron chi connectivity index (χ2n) is 8.03. The number of amidine groups is 1. The van der Waals surface area contributed by atoms with Crippen molar-refractivity contribution < 1.29 is 9.67 Å². The summed E-state index contributed by atoms with van der Waals surface area (Å²) in [5.41, 5.74) is 1.66. The van der Waals surface area contributed by atoms with Gasteiger partial charge in [0.05, 0.1) is 5.69 Å². The SMILES string of the molecule is O=P(CC1CCCN2C1=Nc1ccccc1C2O)(c1ccccc1)c1ccccc1. The van der Waals surface area contributed by atoms with Gasteiger partial charge in [-0.25, -0.2) is 4.99 Å². The Balaban J connectivity index is 1.57. The van der Waals surface area contributed by atoms with Gasteiger partial charge in [-0.1, -0.05) is 78.9 Å². The van der Waals surface area contributed by atoms with Crippen LogP contribution in [0.2, 0.25) is 0 Å². The largest absolute Gasteiger partial charge is 0.369 e. The molecule has 2 aliphatic heterocycles. The number of aliphatic hydroxyl groups is 1. The third-order valence-corrected chi connectivity index (χ3v) is 9.40. The Kier molecular flexibility index (Phi) is 5.06. The number of hydrogen-bond donors (Lipinski definition) is 1. The number of benzene rings is 3. The predicted molar refractivity (Wildman–Crippen MR) is 123 cm³/mol. The number of fused-ring (bicyclic) bond motifs is 2. The van der Waals surface area contributed by atoms with Gasteiger partial charge in [-0.15, -0.1) is 0 Å². The molecule has 2 atom stereocenters. The van der Waals surface area contributed by atoms with E-state index in [1.54, 1.807) is 0 Å². The monoisotopic (exact) mass is 416 g/mol. The van der Waals surface area contributed by atoms with Gasteiger partial charge in [0.1, 0.15) is 13.0 Å². The Morgan fingerprint density at radius 2 is 1.50 bits per heavy atom. The van der Waals surface area contributed by atoms with Crippen LogP contribution in [-0.2, 0) is 4.57 Å². The van der Waals surface area contributed by atoms with E-state index in [-0.39, 0.29) is 5.92 Å². The summed E-state index contributed by atoms with van der Waals surface area (Å²) in [4.78, 5) is 6.93. The number of piperidine rings is 1. The van der Waals surface area contributed by atoms with Crippen LogP contribution in [0.25, 0.3) is 0 Å². The Hall–Kier alpha value is -2.68. The maximum atomic E-state index is 14.6. The van der Waals surface area contributed by atoms with Crippen LogP contribution in [0.1, 0.15) is 24.6 Å². The number of aliphatic hydroxyl groups excluding tert-OH is 1. The zero-order valence-corrected chi connectivity index (χ0v) is 17.7. The fraction of sp³-hybridized carbons (Fsp3) is 0.240. The number of hydrogen-bond acceptors (Lipinski definition) is 4. The highest BCUT2D eigenvalue weighted by atomic mass is 31.2. The Morgan fingerprint density at radius 3 is 2.17 bits per heavy atom. The molecule has 0 aromatic heterocycles. The van der Waals surface area contributed by atoms with E-state index < -0.39 is 13.4 Å². The predicted octanol–water partition coefficient (Wildman–Crippen LogP) is 4.45. The number of nitrogens with zero attached hydrogens (tertiary/aromatic N) is 2. The molecule has 1 fully saturated rings. The van der Waals surface area contributed by atoms with Crippen molar-refractivity contribution in [2.45, 2.75) is 19.1 Å². The van der Waals surface area contributed by atoms with Gasteiger partial charge in [-0.2, -0.15) is 0 Å². The zero-order chi connectivity index (χ0) is 20.6. The third kappa shape index (κ3) is 3.30. The van der Waals surface area contributed by atoms with Crippen LogP contribution in [0, 0.1) is 5.92 Å². The lowest BCUT2D eigenvalue weighted by atomic mass is 9.95. The Bertz CT molecular complexity index is 1070. The first-order valence-corrected chi connectivity index (χ1v) is 12.4. The summed E-state index contributed by atoms with van der Waals surface area (Å²) in [5.74, 6) is 0.910. The van der Waals surface area contributed by atoms with Gasteiger partial charge < -0.3 is 14.6 Å². The third-order valence-electron chi connectivity index (χ3n) is 6.18. The van der Waals surface area contributed by atoms with Crippen molar-refractivity contribution in [1.82, 2.24) is 4.90 Å². The molecule has 3 aromatic rings. The average molecular weight is 416 g/mol. The molecule has 0 radical (unpaired) electrons. The maximum Gasteiger partial charge on any atom is 0.156 e. The molecular weight excluding hydrogens is 391 g/mol. The molecule has 1 saturated heterocycles. The van der Waals surface area contributed by atoms with Gasteiger partial charge in [0.2, 0.25) is 0 Å². The van der Waals surface area contributed by atoms with Gasteiger partial charge in [0, 0.05) is 34.8 Å². The molecule has 30 heavy (non-hydrogen) atoms. The van der Waals surface area contributed by atoms with Crippen molar-refractivity contribution in [3.05, 3.63) is 90.5 Å². The highest BCUT2D eigenvalue weighted by Gasteiger charge is 2.39. The van der Waals surface area contributed by atoms with Crippen LogP contribution in [0.15, 0.2) is 89.9 Å². The Morgan fingerprint density at radius 1 is 0.900 bits per heavy atom. The lowest BCUT2D eigenvalue weighted by Crippen LogP contribution is -2.46. The summed E-state index contributed by atoms with van der Waals surface area (Å²) in [6.07, 6.45) is 1.70. The van der Waals surface area contributed by atoms with E-state index in [0.717, 1.165) is 47.1 Å². The van der Waals surface area contributed by atoms with Gasteiger partial charge in [0.25, 0.3) is 0 Å². The molecule has 0 bridgehead atoms. The fourth-order valence-corrected chi connectivity index (χ4v) is 7.66. The molecule has 0 spiro atoms. The lowest BCUT2D eigenvalue weighted by molar-refractivity contribution is 0.0389. The van der Waals surface area contributed by atoms with Crippen LogP contribution in [0.5, 0.6) is 0 Å². The van der Waals surface area contributed by atoms with Crippen molar-refractivity contribution in [3.63, 3.8) is 0 Å². The van der Waals surface area contributed by atoms with Gasteiger partial charge >= 0.3 is 0 Å². The summed E-state index contributed by atoms with van der Waals surface area (Å²) in [6, 6.07) is 27.4. The molecule has 0 amide bonds. The molecule has 3 aromatic carbocycles. The standard InChI is InChI=1S/C25H25N2O2P/c28-25-22-15-7-8-16-23(22)26-24-19(10-9-17-27(24)25)18-30(29,20-11-3-1-4-12-20)21-13-5-2-6-14-21/h1-8,11-16,19,25,28H,9-10,17-18H2. The second-order valence-corrected chi connectivity index (χ2v) is 10.9. The van der Waals surface area contributed by atoms with Gasteiger partial charge in [-0.05, 0) is 18.9 Å². The van der Waals surface area contributed by atoms with Crippen molar-refractivity contribution in [2.24, 2.45) is 10.9 Å². The van der Waals surface area contributed by atoms with E-state index in [1.165, 1.54) is 0 Å². The van der Waals surface area contributed by atoms with Crippen molar-refractivity contribution in [3.8, 4) is 0 Å². The smallest absolute Gasteiger partial charge is 0.156 e. The zero-order valence-electron chi connectivity index (χ0n) is 16.8. The molecule has 4 nitrogen and oxygen atoms in total. The van der Waals surface area contributed by atoms with Crippen molar-refractivity contribution >= 4 is 29.3 Å². The minimum Gasteiger partial charge on any atom is -0.369 e. The number of aliphatic imine (C=N–C) groups is 1. The van der Waals surface area contributed by atoms with Crippen molar-refractivity contribution in [2.75, 3.05) is 12.7 Å². The molecular formula is C25H25N2O2P. The maximum absolute atomic E-state index is 14.6. The minimum absolute atomic E-state index is 0.0352. The topological polar surface area (TPSA) is 52.9 Å².